The van der Waals surface area contributed by atoms with E-state index in [4.69, 9.17) is 25.8 Å². The van der Waals surface area contributed by atoms with Crippen molar-refractivity contribution >= 4 is 51.7 Å². The molecule has 0 aliphatic carbocycles. The van der Waals surface area contributed by atoms with Crippen LogP contribution in [0.4, 0.5) is 26.4 Å². The first-order chi connectivity index (χ1) is 15.9. The van der Waals surface area contributed by atoms with Crippen molar-refractivity contribution in [3.05, 3.63) is 47.5 Å². The summed E-state index contributed by atoms with van der Waals surface area (Å²) in [7, 11) is 1.54. The lowest BCUT2D eigenvalue weighted by molar-refractivity contribution is -0.117. The molecule has 1 atom stereocenters. The number of hydrogen-bond donors (Lipinski definition) is 3. The van der Waals surface area contributed by atoms with Crippen molar-refractivity contribution in [2.45, 2.75) is 6.04 Å². The fourth-order valence-corrected chi connectivity index (χ4v) is 3.27. The van der Waals surface area contributed by atoms with Crippen molar-refractivity contribution in [1.29, 1.82) is 0 Å². The van der Waals surface area contributed by atoms with Gasteiger partial charge in [0, 0.05) is 24.2 Å². The molecule has 0 spiro atoms. The topological polar surface area (TPSA) is 124 Å². The summed E-state index contributed by atoms with van der Waals surface area (Å²) < 4.78 is 29.1. The van der Waals surface area contributed by atoms with E-state index in [9.17, 15) is 14.0 Å². The van der Waals surface area contributed by atoms with E-state index in [1.165, 1.54) is 24.5 Å². The highest BCUT2D eigenvalue weighted by Crippen LogP contribution is 2.34. The summed E-state index contributed by atoms with van der Waals surface area (Å²) in [6.07, 6.45) is 0.696. The summed E-state index contributed by atoms with van der Waals surface area (Å²) in [5, 5.41) is 8.76. The second kappa shape index (κ2) is 9.84. The van der Waals surface area contributed by atoms with E-state index in [0.717, 1.165) is 0 Å². The summed E-state index contributed by atoms with van der Waals surface area (Å²) in [5.41, 5.74) is 1.38. The minimum Gasteiger partial charge on any atom is -0.489 e. The number of anilines is 3. The van der Waals surface area contributed by atoms with Crippen LogP contribution in [0.3, 0.4) is 0 Å². The molecule has 1 aliphatic rings. The van der Waals surface area contributed by atoms with Gasteiger partial charge >= 0.3 is 6.09 Å². The van der Waals surface area contributed by atoms with Crippen molar-refractivity contribution in [3.8, 4) is 5.75 Å². The number of benzene rings is 2. The molecule has 12 heteroatoms. The van der Waals surface area contributed by atoms with Gasteiger partial charge in [-0.3, -0.25) is 4.79 Å². The van der Waals surface area contributed by atoms with Gasteiger partial charge in [0.2, 0.25) is 0 Å². The van der Waals surface area contributed by atoms with Crippen LogP contribution in [0, 0.1) is 5.82 Å². The number of cyclic esters (lactones) is 1. The molecule has 0 saturated carbocycles. The smallest absolute Gasteiger partial charge is 0.407 e. The molecule has 1 aliphatic heterocycles. The Morgan fingerprint density at radius 3 is 2.88 bits per heavy atom. The van der Waals surface area contributed by atoms with E-state index >= 15 is 0 Å². The van der Waals surface area contributed by atoms with Crippen LogP contribution in [-0.2, 0) is 14.3 Å². The van der Waals surface area contributed by atoms with Gasteiger partial charge in [0.05, 0.1) is 22.8 Å². The molecule has 0 radical (unpaired) electrons. The lowest BCUT2D eigenvalue weighted by Gasteiger charge is -2.16. The molecule has 2 amide bonds. The molecule has 3 aromatic rings. The van der Waals surface area contributed by atoms with Gasteiger partial charge in [-0.2, -0.15) is 0 Å². The third-order valence-corrected chi connectivity index (χ3v) is 5.00. The predicted molar refractivity (Wildman–Crippen MR) is 119 cm³/mol. The van der Waals surface area contributed by atoms with Gasteiger partial charge in [-0.25, -0.2) is 19.2 Å². The first-order valence-electron chi connectivity index (χ1n) is 9.81. The van der Waals surface area contributed by atoms with Crippen LogP contribution >= 0.6 is 11.6 Å². The number of halogens is 2. The maximum atomic E-state index is 13.5. The number of ether oxygens (including phenoxy) is 3. The number of carbonyl (C=O) groups is 2. The number of nitrogens with one attached hydrogen (secondary N) is 3. The van der Waals surface area contributed by atoms with Crippen LogP contribution in [0.15, 0.2) is 36.7 Å². The second-order valence-corrected chi connectivity index (χ2v) is 7.37. The van der Waals surface area contributed by atoms with Gasteiger partial charge in [-0.05, 0) is 24.3 Å². The SMILES string of the molecule is COCCOc1cc2ncnc(Nc3ccc(F)c(Cl)c3)c2cc1NC(=O)[C@@H]1COC(=O)N1. The standard InChI is InChI=1S/C21H19ClFN5O5/c1-31-4-5-32-18-8-15-12(7-16(18)27-20(29)17-9-33-21(30)28-17)19(25-10-24-15)26-11-2-3-14(23)13(22)6-11/h2-3,6-8,10,17H,4-5,9H2,1H3,(H,27,29)(H,28,30)(H,24,25,26)/t17-/m0/s1. The fraction of sp³-hybridized carbons (Fsp3) is 0.238. The number of carbonyl (C=O) groups excluding carboxylic acids is 2. The van der Waals surface area contributed by atoms with Crippen LogP contribution in [0.5, 0.6) is 5.75 Å². The molecular formula is C21H19ClFN5O5. The highest BCUT2D eigenvalue weighted by Gasteiger charge is 2.29. The van der Waals surface area contributed by atoms with Crippen LogP contribution in [-0.4, -0.2) is 54.9 Å². The molecule has 172 valence electrons. The normalized spacial score (nSPS) is 15.1. The Balaban J connectivity index is 1.68. The molecule has 2 heterocycles. The Labute approximate surface area is 192 Å². The molecule has 33 heavy (non-hydrogen) atoms. The van der Waals surface area contributed by atoms with Crippen molar-refractivity contribution in [2.24, 2.45) is 0 Å². The fourth-order valence-electron chi connectivity index (χ4n) is 3.09. The minimum absolute atomic E-state index is 0.0408. The van der Waals surface area contributed by atoms with Crippen molar-refractivity contribution < 1.29 is 28.2 Å². The van der Waals surface area contributed by atoms with E-state index in [0.29, 0.717) is 40.5 Å². The van der Waals surface area contributed by atoms with Crippen molar-refractivity contribution in [3.63, 3.8) is 0 Å². The molecule has 0 unspecified atom stereocenters. The minimum atomic E-state index is -0.842. The first kappa shape index (κ1) is 22.5. The van der Waals surface area contributed by atoms with E-state index in [-0.39, 0.29) is 18.2 Å². The summed E-state index contributed by atoms with van der Waals surface area (Å²) in [6.45, 7) is 0.484. The van der Waals surface area contributed by atoms with Crippen molar-refractivity contribution in [2.75, 3.05) is 37.6 Å². The predicted octanol–water partition coefficient (Wildman–Crippen LogP) is 3.24. The summed E-state index contributed by atoms with van der Waals surface area (Å²) >= 11 is 5.87. The Bertz CT molecular complexity index is 1210. The van der Waals surface area contributed by atoms with Gasteiger partial charge in [-0.1, -0.05) is 11.6 Å². The first-order valence-corrected chi connectivity index (χ1v) is 10.2. The highest BCUT2D eigenvalue weighted by atomic mass is 35.5. The second-order valence-electron chi connectivity index (χ2n) is 6.97. The van der Waals surface area contributed by atoms with Crippen LogP contribution in [0.25, 0.3) is 10.9 Å². The molecule has 0 bridgehead atoms. The van der Waals surface area contributed by atoms with Crippen LogP contribution in [0.2, 0.25) is 5.02 Å². The summed E-state index contributed by atoms with van der Waals surface area (Å²) in [5.74, 6) is -0.263. The molecule has 10 nitrogen and oxygen atoms in total. The van der Waals surface area contributed by atoms with E-state index in [1.54, 1.807) is 19.2 Å². The highest BCUT2D eigenvalue weighted by molar-refractivity contribution is 6.31. The molecule has 1 saturated heterocycles. The molecule has 4 rings (SSSR count). The Morgan fingerprint density at radius 2 is 2.15 bits per heavy atom. The zero-order valence-corrected chi connectivity index (χ0v) is 18.1. The Kier molecular flexibility index (Phi) is 6.71. The maximum Gasteiger partial charge on any atom is 0.407 e. The Hall–Kier alpha value is -3.70. The van der Waals surface area contributed by atoms with E-state index < -0.39 is 23.9 Å². The van der Waals surface area contributed by atoms with Crippen LogP contribution in [0.1, 0.15) is 0 Å². The molecule has 1 aromatic heterocycles. The maximum absolute atomic E-state index is 13.5. The average Bonchev–Trinajstić information content (AvgIpc) is 3.23. The van der Waals surface area contributed by atoms with Gasteiger partial charge < -0.3 is 30.2 Å². The van der Waals surface area contributed by atoms with E-state index in [2.05, 4.69) is 25.9 Å². The van der Waals surface area contributed by atoms with E-state index in [1.807, 2.05) is 0 Å². The monoisotopic (exact) mass is 475 g/mol. The van der Waals surface area contributed by atoms with Gasteiger partial charge in [0.15, 0.2) is 0 Å². The van der Waals surface area contributed by atoms with Gasteiger partial charge in [0.1, 0.15) is 43.0 Å². The number of methoxy groups -OCH3 is 1. The molecular weight excluding hydrogens is 457 g/mol. The zero-order chi connectivity index (χ0) is 23.4. The molecule has 1 fully saturated rings. The summed E-state index contributed by atoms with van der Waals surface area (Å²) in [6, 6.07) is 6.63. The number of hydrogen-bond acceptors (Lipinski definition) is 8. The molecule has 2 aromatic carbocycles. The largest absolute Gasteiger partial charge is 0.489 e. The average molecular weight is 476 g/mol. The quantitative estimate of drug-likeness (QED) is 0.424. The lowest BCUT2D eigenvalue weighted by Crippen LogP contribution is -2.38. The number of fused-ring (bicyclic) bond motifs is 1. The Morgan fingerprint density at radius 1 is 1.30 bits per heavy atom. The third kappa shape index (κ3) is 5.21. The summed E-state index contributed by atoms with van der Waals surface area (Å²) in [4.78, 5) is 32.5. The zero-order valence-electron chi connectivity index (χ0n) is 17.4. The third-order valence-electron chi connectivity index (χ3n) is 4.71. The number of alkyl carbamates (subject to hydrolysis) is 1. The number of amides is 2. The van der Waals surface area contributed by atoms with Crippen molar-refractivity contribution in [1.82, 2.24) is 15.3 Å². The van der Waals surface area contributed by atoms with Crippen LogP contribution < -0.4 is 20.7 Å². The lowest BCUT2D eigenvalue weighted by atomic mass is 10.1. The number of nitrogens with zero attached hydrogens (tertiary/aromatic N) is 2. The number of rotatable bonds is 8. The van der Waals surface area contributed by atoms with Gasteiger partial charge in [-0.15, -0.1) is 0 Å². The number of aromatic nitrogens is 2. The van der Waals surface area contributed by atoms with Gasteiger partial charge in [0.25, 0.3) is 5.91 Å². The molecule has 3 N–H and O–H groups in total.